The molecule has 2 rings (SSSR count). The summed E-state index contributed by atoms with van der Waals surface area (Å²) in [6, 6.07) is 5.39. The van der Waals surface area contributed by atoms with Crippen molar-refractivity contribution in [1.82, 2.24) is 20.1 Å². The lowest BCUT2D eigenvalue weighted by Crippen LogP contribution is -2.35. The van der Waals surface area contributed by atoms with Crippen LogP contribution in [0.4, 0.5) is 10.5 Å². The van der Waals surface area contributed by atoms with E-state index in [1.165, 1.54) is 0 Å². The predicted molar refractivity (Wildman–Crippen MR) is 77.9 cm³/mol. The zero-order valence-corrected chi connectivity index (χ0v) is 11.7. The van der Waals surface area contributed by atoms with E-state index in [-0.39, 0.29) is 12.1 Å². The van der Waals surface area contributed by atoms with Crippen molar-refractivity contribution in [2.75, 3.05) is 5.32 Å². The van der Waals surface area contributed by atoms with Crippen LogP contribution >= 0.6 is 0 Å². The number of hydrogen-bond donors (Lipinski definition) is 2. The number of aromatic nitrogens is 3. The van der Waals surface area contributed by atoms with Gasteiger partial charge in [0.1, 0.15) is 0 Å². The zero-order valence-electron chi connectivity index (χ0n) is 11.7. The zero-order chi connectivity index (χ0) is 14.4. The molecule has 0 aliphatic carbocycles. The molecular weight excluding hydrogens is 254 g/mol. The molecule has 20 heavy (non-hydrogen) atoms. The van der Waals surface area contributed by atoms with Crippen LogP contribution in [0.1, 0.15) is 26.7 Å². The fourth-order valence-electron chi connectivity index (χ4n) is 1.90. The van der Waals surface area contributed by atoms with E-state index in [0.717, 1.165) is 12.8 Å². The molecule has 0 radical (unpaired) electrons. The fourth-order valence-corrected chi connectivity index (χ4v) is 1.90. The Bertz CT molecular complexity index is 535. The molecule has 1 atom stereocenters. The topological polar surface area (TPSA) is 71.8 Å². The third-order valence-electron chi connectivity index (χ3n) is 2.84. The average molecular weight is 273 g/mol. The normalized spacial score (nSPS) is 11.9. The van der Waals surface area contributed by atoms with E-state index in [0.29, 0.717) is 11.5 Å². The van der Waals surface area contributed by atoms with Gasteiger partial charge in [-0.2, -0.15) is 5.10 Å². The lowest BCUT2D eigenvalue weighted by molar-refractivity contribution is 0.248. The molecule has 0 saturated heterocycles. The molecule has 2 amide bonds. The van der Waals surface area contributed by atoms with Crippen molar-refractivity contribution in [1.29, 1.82) is 0 Å². The van der Waals surface area contributed by atoms with Crippen LogP contribution in [0.2, 0.25) is 0 Å². The molecule has 0 saturated carbocycles. The van der Waals surface area contributed by atoms with Crippen molar-refractivity contribution in [3.63, 3.8) is 0 Å². The molecule has 0 spiro atoms. The van der Waals surface area contributed by atoms with Crippen LogP contribution in [0.15, 0.2) is 36.8 Å². The van der Waals surface area contributed by atoms with Crippen LogP contribution in [-0.2, 0) is 0 Å². The van der Waals surface area contributed by atoms with Gasteiger partial charge in [0, 0.05) is 18.4 Å². The van der Waals surface area contributed by atoms with E-state index >= 15 is 0 Å². The van der Waals surface area contributed by atoms with Crippen molar-refractivity contribution in [3.05, 3.63) is 36.8 Å². The van der Waals surface area contributed by atoms with Gasteiger partial charge in [0.05, 0.1) is 11.9 Å². The van der Waals surface area contributed by atoms with Crippen LogP contribution in [0.3, 0.4) is 0 Å². The number of nitrogens with one attached hydrogen (secondary N) is 2. The van der Waals surface area contributed by atoms with Crippen LogP contribution in [0.25, 0.3) is 5.82 Å². The second-order valence-corrected chi connectivity index (χ2v) is 4.64. The van der Waals surface area contributed by atoms with Gasteiger partial charge in [0.2, 0.25) is 0 Å². The third kappa shape index (κ3) is 3.81. The minimum Gasteiger partial charge on any atom is -0.335 e. The lowest BCUT2D eigenvalue weighted by atomic mass is 10.2. The summed E-state index contributed by atoms with van der Waals surface area (Å²) >= 11 is 0. The molecule has 6 heteroatoms. The number of pyridine rings is 1. The average Bonchev–Trinajstić information content (AvgIpc) is 2.93. The first-order chi connectivity index (χ1) is 9.69. The van der Waals surface area contributed by atoms with E-state index < -0.39 is 0 Å². The van der Waals surface area contributed by atoms with Crippen LogP contribution in [0, 0.1) is 0 Å². The van der Waals surface area contributed by atoms with E-state index in [1.54, 1.807) is 29.2 Å². The summed E-state index contributed by atoms with van der Waals surface area (Å²) in [5.74, 6) is 0.709. The van der Waals surface area contributed by atoms with E-state index in [4.69, 9.17) is 0 Å². The molecule has 1 unspecified atom stereocenters. The smallest absolute Gasteiger partial charge is 0.319 e. The van der Waals surface area contributed by atoms with Gasteiger partial charge in [0.25, 0.3) is 0 Å². The molecule has 2 aromatic rings. The Labute approximate surface area is 118 Å². The molecular formula is C14H19N5O. The Morgan fingerprint density at radius 1 is 1.45 bits per heavy atom. The maximum atomic E-state index is 11.7. The monoisotopic (exact) mass is 273 g/mol. The Balaban J connectivity index is 1.92. The number of hydrogen-bond acceptors (Lipinski definition) is 3. The first kappa shape index (κ1) is 14.0. The summed E-state index contributed by atoms with van der Waals surface area (Å²) in [6.45, 7) is 4.08. The van der Waals surface area contributed by atoms with Crippen molar-refractivity contribution >= 4 is 11.7 Å². The lowest BCUT2D eigenvalue weighted by Gasteiger charge is -2.13. The number of rotatable bonds is 5. The highest BCUT2D eigenvalue weighted by molar-refractivity contribution is 5.89. The summed E-state index contributed by atoms with van der Waals surface area (Å²) in [6.07, 6.45) is 7.12. The van der Waals surface area contributed by atoms with Crippen LogP contribution in [-0.4, -0.2) is 26.8 Å². The van der Waals surface area contributed by atoms with Gasteiger partial charge in [-0.3, -0.25) is 0 Å². The molecule has 106 valence electrons. The molecule has 2 N–H and O–H groups in total. The van der Waals surface area contributed by atoms with Crippen molar-refractivity contribution < 1.29 is 4.79 Å². The Kier molecular flexibility index (Phi) is 4.70. The summed E-state index contributed by atoms with van der Waals surface area (Å²) in [4.78, 5) is 16.0. The first-order valence-electron chi connectivity index (χ1n) is 6.72. The summed E-state index contributed by atoms with van der Waals surface area (Å²) in [5.41, 5.74) is 0.655. The number of anilines is 1. The highest BCUT2D eigenvalue weighted by Gasteiger charge is 2.06. The minimum absolute atomic E-state index is 0.163. The molecule has 0 fully saturated rings. The molecule has 0 aromatic carbocycles. The van der Waals surface area contributed by atoms with Gasteiger partial charge in [-0.15, -0.1) is 0 Å². The van der Waals surface area contributed by atoms with Crippen molar-refractivity contribution in [2.45, 2.75) is 32.7 Å². The highest BCUT2D eigenvalue weighted by atomic mass is 16.2. The van der Waals surface area contributed by atoms with Gasteiger partial charge in [-0.05, 0) is 31.5 Å². The largest absolute Gasteiger partial charge is 0.335 e. The standard InChI is InChI=1S/C14H19N5O/c1-3-5-11(2)17-14(20)18-12-6-7-13(15-10-12)19-9-4-8-16-19/h4,6-11H,3,5H2,1-2H3,(H2,17,18,20). The second kappa shape index (κ2) is 6.70. The summed E-state index contributed by atoms with van der Waals surface area (Å²) in [5, 5.41) is 9.73. The van der Waals surface area contributed by atoms with E-state index in [1.807, 2.05) is 19.2 Å². The second-order valence-electron chi connectivity index (χ2n) is 4.64. The number of nitrogens with zero attached hydrogens (tertiary/aromatic N) is 3. The maximum Gasteiger partial charge on any atom is 0.319 e. The Morgan fingerprint density at radius 3 is 2.90 bits per heavy atom. The number of urea groups is 1. The quantitative estimate of drug-likeness (QED) is 0.879. The SMILES string of the molecule is CCCC(C)NC(=O)Nc1ccc(-n2cccn2)nc1. The summed E-state index contributed by atoms with van der Waals surface area (Å²) in [7, 11) is 0. The Hall–Kier alpha value is -2.37. The fraction of sp³-hybridized carbons (Fsp3) is 0.357. The van der Waals surface area contributed by atoms with Crippen LogP contribution < -0.4 is 10.6 Å². The van der Waals surface area contributed by atoms with Gasteiger partial charge in [0.15, 0.2) is 5.82 Å². The number of carbonyl (C=O) groups excluding carboxylic acids is 1. The molecule has 0 aliphatic heterocycles. The molecule has 2 aromatic heterocycles. The van der Waals surface area contributed by atoms with Gasteiger partial charge < -0.3 is 10.6 Å². The van der Waals surface area contributed by atoms with E-state index in [9.17, 15) is 4.79 Å². The maximum absolute atomic E-state index is 11.7. The first-order valence-corrected chi connectivity index (χ1v) is 6.72. The Morgan fingerprint density at radius 2 is 2.30 bits per heavy atom. The van der Waals surface area contributed by atoms with Gasteiger partial charge >= 0.3 is 6.03 Å². The summed E-state index contributed by atoms with van der Waals surface area (Å²) < 4.78 is 1.66. The molecule has 6 nitrogen and oxygen atoms in total. The third-order valence-corrected chi connectivity index (χ3v) is 2.84. The number of amides is 2. The predicted octanol–water partition coefficient (Wildman–Crippen LogP) is 2.58. The molecule has 0 aliphatic rings. The number of carbonyl (C=O) groups is 1. The van der Waals surface area contributed by atoms with Gasteiger partial charge in [-0.1, -0.05) is 13.3 Å². The molecule has 2 heterocycles. The minimum atomic E-state index is -0.209. The van der Waals surface area contributed by atoms with Crippen LogP contribution in [0.5, 0.6) is 0 Å². The van der Waals surface area contributed by atoms with Crippen molar-refractivity contribution in [2.24, 2.45) is 0 Å². The van der Waals surface area contributed by atoms with E-state index in [2.05, 4.69) is 27.6 Å². The van der Waals surface area contributed by atoms with Gasteiger partial charge in [-0.25, -0.2) is 14.5 Å². The molecule has 0 bridgehead atoms. The highest BCUT2D eigenvalue weighted by Crippen LogP contribution is 2.09. The van der Waals surface area contributed by atoms with Crippen molar-refractivity contribution in [3.8, 4) is 5.82 Å².